The van der Waals surface area contributed by atoms with Crippen molar-refractivity contribution in [2.75, 3.05) is 19.7 Å². The molecule has 1 aromatic carbocycles. The Kier molecular flexibility index (Phi) is 7.59. The molecule has 112 valence electrons. The number of amides is 1. The van der Waals surface area contributed by atoms with E-state index in [0.717, 1.165) is 18.5 Å². The first-order chi connectivity index (χ1) is 9.31. The van der Waals surface area contributed by atoms with E-state index in [-0.39, 0.29) is 18.3 Å². The monoisotopic (exact) mass is 298 g/mol. The van der Waals surface area contributed by atoms with Gasteiger partial charge in [-0.2, -0.15) is 0 Å². The Bertz CT molecular complexity index is 394. The summed E-state index contributed by atoms with van der Waals surface area (Å²) in [6.45, 7) is 4.15. The molecular formula is C15H23ClN2O2. The smallest absolute Gasteiger partial charge is 0.253 e. The third-order valence-electron chi connectivity index (χ3n) is 3.36. The third kappa shape index (κ3) is 4.78. The van der Waals surface area contributed by atoms with Gasteiger partial charge in [-0.3, -0.25) is 4.79 Å². The molecule has 0 spiro atoms. The number of ether oxygens (including phenoxy) is 1. The number of carbonyl (C=O) groups excluding carboxylic acids is 1. The molecule has 2 rings (SSSR count). The second-order valence-corrected chi connectivity index (χ2v) is 4.78. The summed E-state index contributed by atoms with van der Waals surface area (Å²) in [4.78, 5) is 12.2. The molecule has 0 saturated carbocycles. The van der Waals surface area contributed by atoms with Crippen molar-refractivity contribution in [3.8, 4) is 0 Å². The Morgan fingerprint density at radius 1 is 1.45 bits per heavy atom. The van der Waals surface area contributed by atoms with Crippen LogP contribution in [0.5, 0.6) is 0 Å². The zero-order chi connectivity index (χ0) is 13.5. The lowest BCUT2D eigenvalue weighted by atomic mass is 10.1. The molecule has 20 heavy (non-hydrogen) atoms. The van der Waals surface area contributed by atoms with Crippen LogP contribution in [0.4, 0.5) is 0 Å². The molecule has 1 heterocycles. The first-order valence-corrected chi connectivity index (χ1v) is 6.99. The van der Waals surface area contributed by atoms with Crippen molar-refractivity contribution in [1.29, 1.82) is 0 Å². The van der Waals surface area contributed by atoms with Crippen molar-refractivity contribution in [2.45, 2.75) is 31.9 Å². The van der Waals surface area contributed by atoms with Crippen LogP contribution in [0.3, 0.4) is 0 Å². The minimum atomic E-state index is -0.507. The summed E-state index contributed by atoms with van der Waals surface area (Å²) in [5.74, 6) is -0.0539. The van der Waals surface area contributed by atoms with Crippen LogP contribution < -0.4 is 10.6 Å². The third-order valence-corrected chi connectivity index (χ3v) is 3.36. The molecule has 1 aliphatic heterocycles. The normalized spacial score (nSPS) is 19.1. The van der Waals surface area contributed by atoms with Crippen LogP contribution in [-0.2, 0) is 9.53 Å². The predicted molar refractivity (Wildman–Crippen MR) is 82.1 cm³/mol. The molecular weight excluding hydrogens is 276 g/mol. The van der Waals surface area contributed by atoms with Crippen molar-refractivity contribution in [2.24, 2.45) is 0 Å². The Hall–Kier alpha value is -1.10. The number of halogens is 1. The van der Waals surface area contributed by atoms with E-state index in [1.54, 1.807) is 0 Å². The largest absolute Gasteiger partial charge is 0.364 e. The van der Waals surface area contributed by atoms with Crippen molar-refractivity contribution in [3.63, 3.8) is 0 Å². The van der Waals surface area contributed by atoms with Crippen LogP contribution in [0.25, 0.3) is 0 Å². The highest BCUT2D eigenvalue weighted by Gasteiger charge is 2.22. The van der Waals surface area contributed by atoms with Crippen LogP contribution in [0, 0.1) is 0 Å². The number of hydrogen-bond donors (Lipinski definition) is 2. The molecule has 1 saturated heterocycles. The van der Waals surface area contributed by atoms with Gasteiger partial charge in [0.2, 0.25) is 0 Å². The topological polar surface area (TPSA) is 50.4 Å². The summed E-state index contributed by atoms with van der Waals surface area (Å²) < 4.78 is 5.57. The van der Waals surface area contributed by atoms with E-state index < -0.39 is 6.10 Å². The Morgan fingerprint density at radius 3 is 2.80 bits per heavy atom. The molecule has 5 heteroatoms. The molecule has 2 atom stereocenters. The van der Waals surface area contributed by atoms with Gasteiger partial charge in [0.25, 0.3) is 5.91 Å². The summed E-state index contributed by atoms with van der Waals surface area (Å²) >= 11 is 0. The van der Waals surface area contributed by atoms with Crippen LogP contribution in [-0.4, -0.2) is 31.6 Å². The fourth-order valence-corrected chi connectivity index (χ4v) is 2.37. The van der Waals surface area contributed by atoms with Gasteiger partial charge in [0.05, 0.1) is 0 Å². The second kappa shape index (κ2) is 8.95. The average Bonchev–Trinajstić information content (AvgIpc) is 2.96. The number of nitrogens with one attached hydrogen (secondary N) is 2. The molecule has 0 aromatic heterocycles. The summed E-state index contributed by atoms with van der Waals surface area (Å²) in [5.41, 5.74) is 0.904. The molecule has 1 aliphatic rings. The molecule has 1 fully saturated rings. The zero-order valence-corrected chi connectivity index (χ0v) is 12.6. The Morgan fingerprint density at radius 2 is 2.20 bits per heavy atom. The van der Waals surface area contributed by atoms with Crippen LogP contribution in [0.1, 0.15) is 31.4 Å². The highest BCUT2D eigenvalue weighted by atomic mass is 35.5. The van der Waals surface area contributed by atoms with Crippen molar-refractivity contribution >= 4 is 18.3 Å². The van der Waals surface area contributed by atoms with E-state index in [1.165, 1.54) is 6.42 Å². The maximum absolute atomic E-state index is 12.2. The minimum absolute atomic E-state index is 0. The SMILES string of the molecule is CCOC(C(=O)NCC1CCCN1)c1ccccc1.Cl. The zero-order valence-electron chi connectivity index (χ0n) is 11.8. The van der Waals surface area contributed by atoms with Gasteiger partial charge in [-0.25, -0.2) is 0 Å². The van der Waals surface area contributed by atoms with Crippen LogP contribution in [0.15, 0.2) is 30.3 Å². The molecule has 2 unspecified atom stereocenters. The summed E-state index contributed by atoms with van der Waals surface area (Å²) in [7, 11) is 0. The van der Waals surface area contributed by atoms with Crippen LogP contribution in [0.2, 0.25) is 0 Å². The standard InChI is InChI=1S/C15H22N2O2.ClH/c1-2-19-14(12-7-4-3-5-8-12)15(18)17-11-13-9-6-10-16-13;/h3-5,7-8,13-14,16H,2,6,9-11H2,1H3,(H,17,18);1H. The lowest BCUT2D eigenvalue weighted by Crippen LogP contribution is -2.39. The van der Waals surface area contributed by atoms with Crippen LogP contribution >= 0.6 is 12.4 Å². The predicted octanol–water partition coefficient (Wildman–Crippen LogP) is 2.05. The fourth-order valence-electron chi connectivity index (χ4n) is 2.37. The van der Waals surface area contributed by atoms with E-state index >= 15 is 0 Å². The van der Waals surface area contributed by atoms with Crippen molar-refractivity contribution < 1.29 is 9.53 Å². The summed E-state index contributed by atoms with van der Waals surface area (Å²) in [6, 6.07) is 10.0. The fraction of sp³-hybridized carbons (Fsp3) is 0.533. The van der Waals surface area contributed by atoms with E-state index in [9.17, 15) is 4.79 Å². The van der Waals surface area contributed by atoms with E-state index in [2.05, 4.69) is 10.6 Å². The molecule has 0 bridgehead atoms. The van der Waals surface area contributed by atoms with Crippen molar-refractivity contribution in [1.82, 2.24) is 10.6 Å². The number of benzene rings is 1. The first kappa shape index (κ1) is 17.0. The number of carbonyl (C=O) groups is 1. The molecule has 0 aliphatic carbocycles. The van der Waals surface area contributed by atoms with Gasteiger partial charge in [-0.1, -0.05) is 30.3 Å². The molecule has 1 aromatic rings. The quantitative estimate of drug-likeness (QED) is 0.845. The van der Waals surface area contributed by atoms with Gasteiger partial charge in [0.15, 0.2) is 6.10 Å². The maximum Gasteiger partial charge on any atom is 0.253 e. The Balaban J connectivity index is 0.00000200. The lowest BCUT2D eigenvalue weighted by molar-refractivity contribution is -0.133. The number of hydrogen-bond acceptors (Lipinski definition) is 3. The molecule has 0 radical (unpaired) electrons. The van der Waals surface area contributed by atoms with E-state index in [0.29, 0.717) is 19.2 Å². The van der Waals surface area contributed by atoms with E-state index in [4.69, 9.17) is 4.74 Å². The average molecular weight is 299 g/mol. The lowest BCUT2D eigenvalue weighted by Gasteiger charge is -2.19. The van der Waals surface area contributed by atoms with Gasteiger partial charge in [-0.05, 0) is 31.9 Å². The molecule has 2 N–H and O–H groups in total. The first-order valence-electron chi connectivity index (χ1n) is 6.99. The minimum Gasteiger partial charge on any atom is -0.364 e. The number of rotatable bonds is 6. The van der Waals surface area contributed by atoms with Crippen molar-refractivity contribution in [3.05, 3.63) is 35.9 Å². The summed E-state index contributed by atoms with van der Waals surface area (Å²) in [6.07, 6.45) is 1.81. The van der Waals surface area contributed by atoms with Gasteiger partial charge in [0, 0.05) is 19.2 Å². The molecule has 4 nitrogen and oxygen atoms in total. The van der Waals surface area contributed by atoms with Gasteiger partial charge < -0.3 is 15.4 Å². The summed E-state index contributed by atoms with van der Waals surface area (Å²) in [5, 5.41) is 6.35. The van der Waals surface area contributed by atoms with Gasteiger partial charge >= 0.3 is 0 Å². The van der Waals surface area contributed by atoms with E-state index in [1.807, 2.05) is 37.3 Å². The van der Waals surface area contributed by atoms with Gasteiger partial charge in [0.1, 0.15) is 0 Å². The molecule has 1 amide bonds. The highest BCUT2D eigenvalue weighted by molar-refractivity contribution is 5.85. The second-order valence-electron chi connectivity index (χ2n) is 4.78. The highest BCUT2D eigenvalue weighted by Crippen LogP contribution is 2.17. The Labute approximate surface area is 126 Å². The van der Waals surface area contributed by atoms with Gasteiger partial charge in [-0.15, -0.1) is 12.4 Å². The maximum atomic E-state index is 12.2.